The lowest BCUT2D eigenvalue weighted by Crippen LogP contribution is -2.50. The molecule has 0 unspecified atom stereocenters. The molecule has 0 saturated carbocycles. The summed E-state index contributed by atoms with van der Waals surface area (Å²) >= 11 is 0. The van der Waals surface area contributed by atoms with Crippen LogP contribution < -0.4 is 10.6 Å². The zero-order valence-electron chi connectivity index (χ0n) is 12.1. The molecule has 0 heterocycles. The third-order valence-corrected chi connectivity index (χ3v) is 2.62. The first-order valence-electron chi connectivity index (χ1n) is 6.58. The SMILES string of the molecule is CCNC(=O)CN(CC)C(=O)N[C@@H](CCC(=O)O)C(=O)O. The van der Waals surface area contributed by atoms with Gasteiger partial charge in [0.2, 0.25) is 5.91 Å². The molecule has 3 amide bonds. The maximum atomic E-state index is 11.9. The van der Waals surface area contributed by atoms with Crippen LogP contribution in [0, 0.1) is 0 Å². The molecule has 1 atom stereocenters. The summed E-state index contributed by atoms with van der Waals surface area (Å²) in [6.07, 6.45) is -0.602. The summed E-state index contributed by atoms with van der Waals surface area (Å²) in [6.45, 7) is 3.83. The van der Waals surface area contributed by atoms with Gasteiger partial charge in [0.1, 0.15) is 12.6 Å². The van der Waals surface area contributed by atoms with Crippen LogP contribution in [0.5, 0.6) is 0 Å². The minimum absolute atomic E-state index is 0.193. The maximum absolute atomic E-state index is 11.9. The number of carboxylic acids is 2. The third kappa shape index (κ3) is 7.75. The molecule has 0 aromatic carbocycles. The number of likely N-dealkylation sites (N-methyl/N-ethyl adjacent to an activating group) is 2. The van der Waals surface area contributed by atoms with E-state index in [4.69, 9.17) is 10.2 Å². The summed E-state index contributed by atoms with van der Waals surface area (Å²) < 4.78 is 0. The van der Waals surface area contributed by atoms with E-state index in [0.717, 1.165) is 4.90 Å². The van der Waals surface area contributed by atoms with Crippen molar-refractivity contribution in [1.29, 1.82) is 0 Å². The van der Waals surface area contributed by atoms with Gasteiger partial charge in [0.05, 0.1) is 0 Å². The number of urea groups is 1. The summed E-state index contributed by atoms with van der Waals surface area (Å²) in [5.41, 5.74) is 0. The van der Waals surface area contributed by atoms with Gasteiger partial charge in [-0.3, -0.25) is 9.59 Å². The normalized spacial score (nSPS) is 11.3. The van der Waals surface area contributed by atoms with Gasteiger partial charge >= 0.3 is 18.0 Å². The Balaban J connectivity index is 4.59. The zero-order valence-corrected chi connectivity index (χ0v) is 12.1. The fourth-order valence-electron chi connectivity index (χ4n) is 1.52. The molecular weight excluding hydrogens is 282 g/mol. The molecule has 9 nitrogen and oxygen atoms in total. The molecule has 0 spiro atoms. The van der Waals surface area contributed by atoms with Gasteiger partial charge < -0.3 is 25.7 Å². The molecule has 0 aliphatic rings. The van der Waals surface area contributed by atoms with E-state index >= 15 is 0 Å². The molecule has 21 heavy (non-hydrogen) atoms. The van der Waals surface area contributed by atoms with E-state index in [1.54, 1.807) is 13.8 Å². The van der Waals surface area contributed by atoms with Gasteiger partial charge in [0.15, 0.2) is 0 Å². The predicted octanol–water partition coefficient (Wildman–Crippen LogP) is -0.528. The average molecular weight is 303 g/mol. The summed E-state index contributed by atoms with van der Waals surface area (Å²) in [5, 5.41) is 22.2. The van der Waals surface area contributed by atoms with Crippen molar-refractivity contribution in [3.63, 3.8) is 0 Å². The summed E-state index contributed by atoms with van der Waals surface area (Å²) in [4.78, 5) is 45.9. The number of amides is 3. The minimum Gasteiger partial charge on any atom is -0.481 e. The number of carbonyl (C=O) groups is 4. The predicted molar refractivity (Wildman–Crippen MR) is 72.8 cm³/mol. The molecule has 0 aromatic heterocycles. The highest BCUT2D eigenvalue weighted by atomic mass is 16.4. The lowest BCUT2D eigenvalue weighted by Gasteiger charge is -2.23. The van der Waals surface area contributed by atoms with E-state index in [0.29, 0.717) is 6.54 Å². The van der Waals surface area contributed by atoms with Crippen LogP contribution in [0.3, 0.4) is 0 Å². The zero-order chi connectivity index (χ0) is 16.4. The van der Waals surface area contributed by atoms with E-state index in [-0.39, 0.29) is 31.8 Å². The second-order valence-electron chi connectivity index (χ2n) is 4.24. The number of hydrogen-bond acceptors (Lipinski definition) is 4. The van der Waals surface area contributed by atoms with Gasteiger partial charge in [-0.05, 0) is 20.3 Å². The van der Waals surface area contributed by atoms with Crippen molar-refractivity contribution in [3.8, 4) is 0 Å². The second-order valence-corrected chi connectivity index (χ2v) is 4.24. The smallest absolute Gasteiger partial charge is 0.326 e. The summed E-state index contributed by atoms with van der Waals surface area (Å²) in [7, 11) is 0. The molecule has 4 N–H and O–H groups in total. The lowest BCUT2D eigenvalue weighted by atomic mass is 10.1. The molecule has 0 rings (SSSR count). The number of nitrogens with zero attached hydrogens (tertiary/aromatic N) is 1. The highest BCUT2D eigenvalue weighted by Crippen LogP contribution is 2.00. The molecule has 0 aliphatic heterocycles. The molecule has 120 valence electrons. The Morgan fingerprint density at radius 2 is 1.76 bits per heavy atom. The number of rotatable bonds is 9. The van der Waals surface area contributed by atoms with Crippen LogP contribution >= 0.6 is 0 Å². The highest BCUT2D eigenvalue weighted by molar-refractivity contribution is 5.86. The van der Waals surface area contributed by atoms with Gasteiger partial charge in [-0.1, -0.05) is 0 Å². The van der Waals surface area contributed by atoms with Crippen LogP contribution in [0.2, 0.25) is 0 Å². The highest BCUT2D eigenvalue weighted by Gasteiger charge is 2.24. The molecule has 0 aromatic rings. The van der Waals surface area contributed by atoms with Crippen molar-refractivity contribution in [2.45, 2.75) is 32.7 Å². The average Bonchev–Trinajstić information content (AvgIpc) is 2.40. The topological polar surface area (TPSA) is 136 Å². The number of aliphatic carboxylic acids is 2. The second kappa shape index (κ2) is 9.56. The first-order valence-corrected chi connectivity index (χ1v) is 6.58. The van der Waals surface area contributed by atoms with Gasteiger partial charge in [0, 0.05) is 19.5 Å². The van der Waals surface area contributed by atoms with Crippen LogP contribution in [0.4, 0.5) is 4.79 Å². The van der Waals surface area contributed by atoms with Crippen molar-refractivity contribution in [2.24, 2.45) is 0 Å². The fourth-order valence-corrected chi connectivity index (χ4v) is 1.52. The monoisotopic (exact) mass is 303 g/mol. The Hall–Kier alpha value is -2.32. The Morgan fingerprint density at radius 3 is 2.19 bits per heavy atom. The molecule has 0 aliphatic carbocycles. The molecule has 0 saturated heterocycles. The van der Waals surface area contributed by atoms with Gasteiger partial charge in [-0.2, -0.15) is 0 Å². The molecule has 9 heteroatoms. The number of carbonyl (C=O) groups excluding carboxylic acids is 2. The van der Waals surface area contributed by atoms with Crippen molar-refractivity contribution < 1.29 is 29.4 Å². The van der Waals surface area contributed by atoms with Crippen LogP contribution in [0.25, 0.3) is 0 Å². The molecular formula is C12H21N3O6. The van der Waals surface area contributed by atoms with Crippen molar-refractivity contribution >= 4 is 23.9 Å². The van der Waals surface area contributed by atoms with Crippen LogP contribution in [0.1, 0.15) is 26.7 Å². The fraction of sp³-hybridized carbons (Fsp3) is 0.667. The van der Waals surface area contributed by atoms with Crippen LogP contribution in [-0.2, 0) is 14.4 Å². The first kappa shape index (κ1) is 18.7. The quantitative estimate of drug-likeness (QED) is 0.452. The Labute approximate surface area is 122 Å². The van der Waals surface area contributed by atoms with E-state index in [1.807, 2.05) is 0 Å². The van der Waals surface area contributed by atoms with Gasteiger partial charge in [-0.25, -0.2) is 9.59 Å². The van der Waals surface area contributed by atoms with E-state index < -0.39 is 24.0 Å². The summed E-state index contributed by atoms with van der Waals surface area (Å²) in [6, 6.07) is -2.03. The number of carboxylic acid groups (broad SMARTS) is 2. The van der Waals surface area contributed by atoms with Gasteiger partial charge in [0.25, 0.3) is 0 Å². The number of nitrogens with one attached hydrogen (secondary N) is 2. The lowest BCUT2D eigenvalue weighted by molar-refractivity contribution is -0.140. The number of hydrogen-bond donors (Lipinski definition) is 4. The molecule has 0 radical (unpaired) electrons. The molecule has 0 bridgehead atoms. The first-order chi connectivity index (χ1) is 9.81. The van der Waals surface area contributed by atoms with Gasteiger partial charge in [-0.15, -0.1) is 0 Å². The third-order valence-electron chi connectivity index (χ3n) is 2.62. The van der Waals surface area contributed by atoms with Crippen LogP contribution in [-0.4, -0.2) is 64.7 Å². The van der Waals surface area contributed by atoms with Crippen molar-refractivity contribution in [3.05, 3.63) is 0 Å². The maximum Gasteiger partial charge on any atom is 0.326 e. The Morgan fingerprint density at radius 1 is 1.14 bits per heavy atom. The van der Waals surface area contributed by atoms with E-state index in [1.165, 1.54) is 0 Å². The Kier molecular flexibility index (Phi) is 8.51. The Bertz CT molecular complexity index is 398. The van der Waals surface area contributed by atoms with Crippen LogP contribution in [0.15, 0.2) is 0 Å². The van der Waals surface area contributed by atoms with E-state index in [9.17, 15) is 19.2 Å². The van der Waals surface area contributed by atoms with E-state index in [2.05, 4.69) is 10.6 Å². The van der Waals surface area contributed by atoms with Crippen molar-refractivity contribution in [1.82, 2.24) is 15.5 Å². The molecule has 0 fully saturated rings. The standard InChI is InChI=1S/C12H21N3O6/c1-3-13-9(16)7-15(4-2)12(21)14-8(11(19)20)5-6-10(17)18/h8H,3-7H2,1-2H3,(H,13,16)(H,14,21)(H,17,18)(H,19,20)/t8-/m0/s1. The summed E-state index contributed by atoms with van der Waals surface area (Å²) in [5.74, 6) is -2.82. The minimum atomic E-state index is -1.32. The largest absolute Gasteiger partial charge is 0.481 e. The van der Waals surface area contributed by atoms with Crippen molar-refractivity contribution in [2.75, 3.05) is 19.6 Å².